The van der Waals surface area contributed by atoms with Crippen molar-refractivity contribution in [2.24, 2.45) is 17.8 Å². The van der Waals surface area contributed by atoms with Gasteiger partial charge < -0.3 is 20.5 Å². The van der Waals surface area contributed by atoms with E-state index >= 15 is 0 Å². The first-order chi connectivity index (χ1) is 16.9. The number of aliphatic carboxylic acids is 1. The fourth-order valence-electron chi connectivity index (χ4n) is 4.92. The van der Waals surface area contributed by atoms with Gasteiger partial charge in [0, 0.05) is 25.4 Å². The van der Waals surface area contributed by atoms with Crippen LogP contribution in [0, 0.1) is 17.8 Å². The number of carboxylic acids is 1. The second-order valence-electron chi connectivity index (χ2n) is 9.85. The molecule has 2 unspecified atom stereocenters. The number of carbonyl (C=O) groups excluding carboxylic acids is 2. The molecule has 4 rings (SSSR count). The number of hydrogen-bond donors (Lipinski definition) is 3. The van der Waals surface area contributed by atoms with Crippen molar-refractivity contribution in [1.82, 2.24) is 10.6 Å². The highest BCUT2D eigenvalue weighted by Gasteiger charge is 2.33. The Morgan fingerprint density at radius 3 is 2.20 bits per heavy atom. The molecule has 0 aromatic heterocycles. The average molecular weight is 479 g/mol. The Hall–Kier alpha value is -3.35. The Labute approximate surface area is 206 Å². The van der Waals surface area contributed by atoms with Crippen molar-refractivity contribution in [1.29, 1.82) is 0 Å². The molecule has 2 aromatic rings. The number of ether oxygens (including phenoxy) is 1. The van der Waals surface area contributed by atoms with E-state index in [1.165, 1.54) is 22.3 Å². The zero-order valence-corrected chi connectivity index (χ0v) is 20.2. The first-order valence-electron chi connectivity index (χ1n) is 12.5. The molecular weight excluding hydrogens is 444 g/mol. The Morgan fingerprint density at radius 2 is 1.60 bits per heavy atom. The fraction of sp³-hybridized carbons (Fsp3) is 0.464. The molecule has 1 fully saturated rings. The predicted molar refractivity (Wildman–Crippen MR) is 133 cm³/mol. The van der Waals surface area contributed by atoms with Gasteiger partial charge in [0.15, 0.2) is 0 Å². The van der Waals surface area contributed by atoms with Gasteiger partial charge in [-0.2, -0.15) is 0 Å². The number of amides is 2. The van der Waals surface area contributed by atoms with Gasteiger partial charge in [0.1, 0.15) is 6.61 Å². The summed E-state index contributed by atoms with van der Waals surface area (Å²) in [6, 6.07) is 16.4. The molecule has 0 bridgehead atoms. The molecular formula is C28H34N2O5. The van der Waals surface area contributed by atoms with Crippen molar-refractivity contribution in [2.75, 3.05) is 19.7 Å². The second kappa shape index (κ2) is 11.4. The van der Waals surface area contributed by atoms with Crippen LogP contribution in [-0.4, -0.2) is 42.8 Å². The van der Waals surface area contributed by atoms with Crippen LogP contribution in [0.1, 0.15) is 56.1 Å². The van der Waals surface area contributed by atoms with E-state index in [9.17, 15) is 14.4 Å². The van der Waals surface area contributed by atoms with Crippen LogP contribution < -0.4 is 10.6 Å². The number of hydrogen-bond acceptors (Lipinski definition) is 4. The highest BCUT2D eigenvalue weighted by atomic mass is 16.5. The topological polar surface area (TPSA) is 105 Å². The second-order valence-corrected chi connectivity index (χ2v) is 9.85. The van der Waals surface area contributed by atoms with Gasteiger partial charge in [-0.1, -0.05) is 55.5 Å². The van der Waals surface area contributed by atoms with Crippen LogP contribution in [0.3, 0.4) is 0 Å². The Kier molecular flexibility index (Phi) is 8.06. The Bertz CT molecular complexity index is 1020. The van der Waals surface area contributed by atoms with Crippen molar-refractivity contribution in [3.8, 4) is 11.1 Å². The number of carboxylic acid groups (broad SMARTS) is 1. The number of carbonyl (C=O) groups is 3. The molecule has 0 heterocycles. The van der Waals surface area contributed by atoms with Gasteiger partial charge in [-0.25, -0.2) is 4.79 Å². The van der Waals surface area contributed by atoms with E-state index in [4.69, 9.17) is 9.84 Å². The van der Waals surface area contributed by atoms with Crippen LogP contribution >= 0.6 is 0 Å². The summed E-state index contributed by atoms with van der Waals surface area (Å²) in [6.45, 7) is 3.10. The number of alkyl carbamates (subject to hydrolysis) is 1. The zero-order valence-electron chi connectivity index (χ0n) is 20.2. The molecule has 2 atom stereocenters. The molecule has 2 aromatic carbocycles. The third-order valence-corrected chi connectivity index (χ3v) is 7.09. The first-order valence-corrected chi connectivity index (χ1v) is 12.5. The van der Waals surface area contributed by atoms with Crippen LogP contribution in [0.2, 0.25) is 0 Å². The minimum Gasteiger partial charge on any atom is -0.481 e. The van der Waals surface area contributed by atoms with Crippen molar-refractivity contribution < 1.29 is 24.2 Å². The molecule has 7 nitrogen and oxygen atoms in total. The molecule has 0 saturated heterocycles. The van der Waals surface area contributed by atoms with Gasteiger partial charge in [0.25, 0.3) is 0 Å². The summed E-state index contributed by atoms with van der Waals surface area (Å²) in [6.07, 6.45) is 2.72. The molecule has 0 spiro atoms. The first kappa shape index (κ1) is 24.8. The van der Waals surface area contributed by atoms with E-state index in [0.717, 1.165) is 12.8 Å². The quantitative estimate of drug-likeness (QED) is 0.415. The Balaban J connectivity index is 1.16. The van der Waals surface area contributed by atoms with Gasteiger partial charge in [0.2, 0.25) is 5.91 Å². The lowest BCUT2D eigenvalue weighted by molar-refractivity contribution is -0.138. The lowest BCUT2D eigenvalue weighted by atomic mass is 9.98. The van der Waals surface area contributed by atoms with Gasteiger partial charge in [-0.05, 0) is 59.3 Å². The lowest BCUT2D eigenvalue weighted by Gasteiger charge is -2.17. The van der Waals surface area contributed by atoms with E-state index in [2.05, 4.69) is 34.9 Å². The summed E-state index contributed by atoms with van der Waals surface area (Å²) in [5.74, 6) is -0.316. The fourth-order valence-corrected chi connectivity index (χ4v) is 4.92. The maximum atomic E-state index is 12.3. The molecule has 7 heteroatoms. The van der Waals surface area contributed by atoms with E-state index in [1.807, 2.05) is 31.2 Å². The van der Waals surface area contributed by atoms with Gasteiger partial charge in [0.05, 0.1) is 6.42 Å². The van der Waals surface area contributed by atoms with Crippen molar-refractivity contribution >= 4 is 18.0 Å². The van der Waals surface area contributed by atoms with Gasteiger partial charge in [-0.3, -0.25) is 9.59 Å². The summed E-state index contributed by atoms with van der Waals surface area (Å²) in [5, 5.41) is 14.7. The molecule has 2 aliphatic carbocycles. The van der Waals surface area contributed by atoms with Crippen molar-refractivity contribution in [3.63, 3.8) is 0 Å². The average Bonchev–Trinajstić information content (AvgIpc) is 3.65. The van der Waals surface area contributed by atoms with E-state index in [1.54, 1.807) is 0 Å². The predicted octanol–water partition coefficient (Wildman–Crippen LogP) is 4.56. The lowest BCUT2D eigenvalue weighted by Crippen LogP contribution is -2.33. The smallest absolute Gasteiger partial charge is 0.407 e. The maximum Gasteiger partial charge on any atom is 0.407 e. The maximum absolute atomic E-state index is 12.3. The number of fused-ring (bicyclic) bond motifs is 3. The van der Waals surface area contributed by atoms with Crippen molar-refractivity contribution in [2.45, 2.75) is 44.9 Å². The van der Waals surface area contributed by atoms with Crippen LogP contribution in [0.25, 0.3) is 11.1 Å². The number of nitrogens with one attached hydrogen (secondary N) is 2. The minimum atomic E-state index is -0.816. The third kappa shape index (κ3) is 6.62. The summed E-state index contributed by atoms with van der Waals surface area (Å²) < 4.78 is 5.56. The summed E-state index contributed by atoms with van der Waals surface area (Å²) in [4.78, 5) is 35.5. The van der Waals surface area contributed by atoms with Crippen LogP contribution in [0.4, 0.5) is 4.79 Å². The monoisotopic (exact) mass is 478 g/mol. The van der Waals surface area contributed by atoms with Gasteiger partial charge >= 0.3 is 12.1 Å². The van der Waals surface area contributed by atoms with Crippen molar-refractivity contribution in [3.05, 3.63) is 59.7 Å². The van der Waals surface area contributed by atoms with Crippen LogP contribution in [0.15, 0.2) is 48.5 Å². The molecule has 0 aliphatic heterocycles. The highest BCUT2D eigenvalue weighted by molar-refractivity contribution is 5.79. The van der Waals surface area contributed by atoms with Gasteiger partial charge in [-0.15, -0.1) is 0 Å². The van der Waals surface area contributed by atoms with E-state index < -0.39 is 12.1 Å². The Morgan fingerprint density at radius 1 is 0.971 bits per heavy atom. The summed E-state index contributed by atoms with van der Waals surface area (Å²) in [5.41, 5.74) is 4.73. The van der Waals surface area contributed by atoms with E-state index in [0.29, 0.717) is 31.8 Å². The molecule has 2 amide bonds. The highest BCUT2D eigenvalue weighted by Crippen LogP contribution is 2.44. The molecule has 186 valence electrons. The largest absolute Gasteiger partial charge is 0.481 e. The number of rotatable bonds is 12. The third-order valence-electron chi connectivity index (χ3n) is 7.09. The van der Waals surface area contributed by atoms with Crippen LogP contribution in [0.5, 0.6) is 0 Å². The molecule has 35 heavy (non-hydrogen) atoms. The summed E-state index contributed by atoms with van der Waals surface area (Å²) >= 11 is 0. The summed E-state index contributed by atoms with van der Waals surface area (Å²) in [7, 11) is 0. The zero-order chi connectivity index (χ0) is 24.8. The van der Waals surface area contributed by atoms with Crippen LogP contribution in [-0.2, 0) is 14.3 Å². The normalized spacial score (nSPS) is 16.0. The molecule has 3 N–H and O–H groups in total. The van der Waals surface area contributed by atoms with E-state index in [-0.39, 0.29) is 36.7 Å². The standard InChI is InChI=1S/C28H34N2O5/c1-18(10-13-26(31)29-16-20(14-27(32)33)19-11-12-19)15-30-28(34)35-17-25-23-8-4-2-6-21(23)22-7-3-5-9-24(22)25/h2-9,18-20,25H,10-17H2,1H3,(H,29,31)(H,30,34)(H,32,33). The molecule has 0 radical (unpaired) electrons. The molecule has 2 aliphatic rings. The molecule has 1 saturated carbocycles. The minimum absolute atomic E-state index is 0.0177. The number of benzene rings is 2. The SMILES string of the molecule is CC(CCC(=O)NCC(CC(=O)O)C1CC1)CNC(=O)OCC1c2ccccc2-c2ccccc21.